The minimum atomic E-state index is -0.866. The number of aliphatic hydroxyl groups is 1. The van der Waals surface area contributed by atoms with E-state index in [0.717, 1.165) is 5.56 Å². The summed E-state index contributed by atoms with van der Waals surface area (Å²) in [6.45, 7) is 3.70. The van der Waals surface area contributed by atoms with Gasteiger partial charge in [-0.25, -0.2) is 0 Å². The highest BCUT2D eigenvalue weighted by Crippen LogP contribution is 2.43. The van der Waals surface area contributed by atoms with Gasteiger partial charge in [-0.05, 0) is 43.7 Å². The van der Waals surface area contributed by atoms with Crippen molar-refractivity contribution in [1.82, 2.24) is 10.2 Å². The summed E-state index contributed by atoms with van der Waals surface area (Å²) in [6.07, 6.45) is 0. The van der Waals surface area contributed by atoms with Gasteiger partial charge in [-0.3, -0.25) is 14.5 Å². The van der Waals surface area contributed by atoms with Crippen molar-refractivity contribution in [3.63, 3.8) is 0 Å². The smallest absolute Gasteiger partial charge is 0.301 e. The van der Waals surface area contributed by atoms with Crippen molar-refractivity contribution >= 4 is 33.9 Å². The molecule has 0 radical (unpaired) electrons. The average Bonchev–Trinajstić information content (AvgIpc) is 3.40. The van der Waals surface area contributed by atoms with Crippen LogP contribution in [-0.2, 0) is 9.59 Å². The van der Waals surface area contributed by atoms with Crippen molar-refractivity contribution in [3.05, 3.63) is 106 Å². The van der Waals surface area contributed by atoms with Crippen molar-refractivity contribution in [1.29, 1.82) is 0 Å². The van der Waals surface area contributed by atoms with E-state index in [1.54, 1.807) is 43.3 Å². The van der Waals surface area contributed by atoms with Gasteiger partial charge in [0, 0.05) is 5.56 Å². The van der Waals surface area contributed by atoms with Gasteiger partial charge in [-0.1, -0.05) is 71.5 Å². The number of aryl methyl sites for hydroxylation is 2. The average molecular weight is 484 g/mol. The topological polar surface area (TPSA) is 92.6 Å². The van der Waals surface area contributed by atoms with Crippen molar-refractivity contribution in [2.75, 3.05) is 4.90 Å². The van der Waals surface area contributed by atoms with Crippen LogP contribution in [0.25, 0.3) is 5.76 Å². The van der Waals surface area contributed by atoms with Gasteiger partial charge >= 0.3 is 5.91 Å². The number of carbonyl (C=O) groups is 2. The van der Waals surface area contributed by atoms with Crippen LogP contribution in [-0.4, -0.2) is 27.0 Å². The van der Waals surface area contributed by atoms with Gasteiger partial charge in [-0.15, -0.1) is 10.2 Å². The van der Waals surface area contributed by atoms with E-state index >= 15 is 0 Å². The normalized spacial score (nSPS) is 17.1. The van der Waals surface area contributed by atoms with Crippen molar-refractivity contribution in [3.8, 4) is 11.5 Å². The number of hydrogen-bond donors (Lipinski definition) is 1. The largest absolute Gasteiger partial charge is 0.507 e. The predicted molar refractivity (Wildman–Crippen MR) is 134 cm³/mol. The number of aromatic nitrogens is 2. The zero-order chi connectivity index (χ0) is 24.5. The highest BCUT2D eigenvalue weighted by atomic mass is 32.1. The lowest BCUT2D eigenvalue weighted by Gasteiger charge is -2.22. The Hall–Kier alpha value is -4.30. The monoisotopic (exact) mass is 483 g/mol. The Kier molecular flexibility index (Phi) is 5.88. The Morgan fingerprint density at radius 3 is 2.17 bits per heavy atom. The lowest BCUT2D eigenvalue weighted by molar-refractivity contribution is -0.132. The van der Waals surface area contributed by atoms with Crippen molar-refractivity contribution in [2.45, 2.75) is 19.9 Å². The van der Waals surface area contributed by atoms with E-state index in [4.69, 9.17) is 4.74 Å². The maximum absolute atomic E-state index is 13.2. The van der Waals surface area contributed by atoms with Crippen LogP contribution in [0.2, 0.25) is 0 Å². The summed E-state index contributed by atoms with van der Waals surface area (Å²) in [5, 5.41) is 20.2. The van der Waals surface area contributed by atoms with Crippen LogP contribution in [0.3, 0.4) is 0 Å². The first-order chi connectivity index (χ1) is 16.9. The Balaban J connectivity index is 1.60. The molecule has 1 saturated heterocycles. The molecule has 8 heteroatoms. The highest BCUT2D eigenvalue weighted by Gasteiger charge is 2.48. The molecule has 7 nitrogen and oxygen atoms in total. The molecular weight excluding hydrogens is 462 g/mol. The number of ketones is 1. The van der Waals surface area contributed by atoms with Crippen molar-refractivity contribution < 1.29 is 19.4 Å². The van der Waals surface area contributed by atoms with Crippen LogP contribution in [0.5, 0.6) is 11.5 Å². The molecule has 5 rings (SSSR count). The third-order valence-corrected chi connectivity index (χ3v) is 6.50. The van der Waals surface area contributed by atoms with Crippen LogP contribution in [0, 0.1) is 13.8 Å². The summed E-state index contributed by atoms with van der Waals surface area (Å²) in [6, 6.07) is 22.7. The Labute approximate surface area is 206 Å². The van der Waals surface area contributed by atoms with Gasteiger partial charge in [-0.2, -0.15) is 0 Å². The first-order valence-corrected chi connectivity index (χ1v) is 11.7. The zero-order valence-corrected chi connectivity index (χ0v) is 19.8. The molecule has 1 aromatic heterocycles. The van der Waals surface area contributed by atoms with E-state index in [1.165, 1.54) is 16.2 Å². The summed E-state index contributed by atoms with van der Waals surface area (Å²) >= 11 is 1.21. The number of benzene rings is 3. The number of amides is 1. The molecule has 0 bridgehead atoms. The number of anilines is 1. The second kappa shape index (κ2) is 9.15. The maximum Gasteiger partial charge on any atom is 0.301 e. The second-order valence-electron chi connectivity index (χ2n) is 8.12. The lowest BCUT2D eigenvalue weighted by Crippen LogP contribution is -2.29. The number of aliphatic hydroxyl groups excluding tert-OH is 1. The standard InChI is InChI=1S/C27H21N3O4S/c1-16-8-10-19(11-9-16)24(31)22-23(30(26(33)25(22)32)27-29-28-17(2)35-27)18-12-14-21(15-13-18)34-20-6-4-3-5-7-20/h3-15,23,31H,1-2H3/b24-22+. The number of Topliss-reactive ketones (excluding diaryl/α,β-unsaturated/α-hetero) is 1. The van der Waals surface area contributed by atoms with Gasteiger partial charge in [0.2, 0.25) is 5.13 Å². The molecule has 1 aliphatic heterocycles. The number of para-hydroxylation sites is 1. The number of carbonyl (C=O) groups excluding carboxylic acids is 2. The molecule has 0 aliphatic carbocycles. The Bertz CT molecular complexity index is 1430. The maximum atomic E-state index is 13.2. The first-order valence-electron chi connectivity index (χ1n) is 10.9. The van der Waals surface area contributed by atoms with E-state index in [2.05, 4.69) is 10.2 Å². The molecule has 1 unspecified atom stereocenters. The number of nitrogens with zero attached hydrogens (tertiary/aromatic N) is 3. The molecule has 1 atom stereocenters. The molecule has 174 valence electrons. The minimum absolute atomic E-state index is 0.00318. The molecule has 1 amide bonds. The quantitative estimate of drug-likeness (QED) is 0.227. The Morgan fingerprint density at radius 2 is 1.54 bits per heavy atom. The number of hydrogen-bond acceptors (Lipinski definition) is 7. The number of rotatable bonds is 5. The van der Waals surface area contributed by atoms with Gasteiger partial charge in [0.15, 0.2) is 0 Å². The summed E-state index contributed by atoms with van der Waals surface area (Å²) in [5.41, 5.74) is 2.10. The third-order valence-electron chi connectivity index (χ3n) is 5.67. The molecule has 3 aromatic carbocycles. The third kappa shape index (κ3) is 4.31. The van der Waals surface area contributed by atoms with Crippen LogP contribution in [0.1, 0.15) is 27.7 Å². The van der Waals surface area contributed by atoms with Gasteiger partial charge in [0.05, 0.1) is 11.6 Å². The predicted octanol–water partition coefficient (Wildman–Crippen LogP) is 5.57. The molecule has 0 spiro atoms. The summed E-state index contributed by atoms with van der Waals surface area (Å²) < 4.78 is 5.88. The fraction of sp³-hybridized carbons (Fsp3) is 0.111. The first kappa shape index (κ1) is 22.5. The van der Waals surface area contributed by atoms with E-state index in [0.29, 0.717) is 32.8 Å². The van der Waals surface area contributed by atoms with E-state index in [9.17, 15) is 14.7 Å². The summed E-state index contributed by atoms with van der Waals surface area (Å²) in [5.74, 6) is -0.478. The molecular formula is C27H21N3O4S. The molecule has 2 heterocycles. The van der Waals surface area contributed by atoms with Gasteiger partial charge < -0.3 is 9.84 Å². The molecule has 1 aliphatic rings. The second-order valence-corrected chi connectivity index (χ2v) is 9.28. The van der Waals surface area contributed by atoms with Crippen molar-refractivity contribution in [2.24, 2.45) is 0 Å². The molecule has 35 heavy (non-hydrogen) atoms. The van der Waals surface area contributed by atoms with E-state index in [-0.39, 0.29) is 11.3 Å². The van der Waals surface area contributed by atoms with Gasteiger partial charge in [0.25, 0.3) is 5.78 Å². The van der Waals surface area contributed by atoms with E-state index < -0.39 is 17.7 Å². The van der Waals surface area contributed by atoms with Crippen LogP contribution >= 0.6 is 11.3 Å². The van der Waals surface area contributed by atoms with Crippen LogP contribution in [0.15, 0.2) is 84.4 Å². The fourth-order valence-corrected chi connectivity index (χ4v) is 4.65. The molecule has 4 aromatic rings. The molecule has 1 N–H and O–H groups in total. The van der Waals surface area contributed by atoms with E-state index in [1.807, 2.05) is 49.4 Å². The minimum Gasteiger partial charge on any atom is -0.507 e. The SMILES string of the molecule is Cc1ccc(/C(O)=C2\C(=O)C(=O)N(c3nnc(C)s3)C2c2ccc(Oc3ccccc3)cc2)cc1. The summed E-state index contributed by atoms with van der Waals surface area (Å²) in [4.78, 5) is 27.6. The van der Waals surface area contributed by atoms with Crippen LogP contribution < -0.4 is 9.64 Å². The van der Waals surface area contributed by atoms with Crippen LogP contribution in [0.4, 0.5) is 5.13 Å². The molecule has 0 saturated carbocycles. The van der Waals surface area contributed by atoms with Gasteiger partial charge in [0.1, 0.15) is 22.3 Å². The lowest BCUT2D eigenvalue weighted by atomic mass is 9.95. The highest BCUT2D eigenvalue weighted by molar-refractivity contribution is 7.15. The summed E-state index contributed by atoms with van der Waals surface area (Å²) in [7, 11) is 0. The Morgan fingerprint density at radius 1 is 0.886 bits per heavy atom. The zero-order valence-electron chi connectivity index (χ0n) is 19.0. The molecule has 1 fully saturated rings. The number of ether oxygens (including phenoxy) is 1. The fourth-order valence-electron chi connectivity index (χ4n) is 3.94.